The molecule has 5 heteroatoms. The number of carbonyl (C=O) groups excluding carboxylic acids is 1. The van der Waals surface area contributed by atoms with Gasteiger partial charge < -0.3 is 16.8 Å². The van der Waals surface area contributed by atoms with Crippen molar-refractivity contribution in [1.29, 1.82) is 0 Å². The summed E-state index contributed by atoms with van der Waals surface area (Å²) >= 11 is 0. The zero-order valence-corrected chi connectivity index (χ0v) is 9.76. The summed E-state index contributed by atoms with van der Waals surface area (Å²) < 4.78 is 0. The summed E-state index contributed by atoms with van der Waals surface area (Å²) in [5, 5.41) is 3.17. The molecule has 0 fully saturated rings. The van der Waals surface area contributed by atoms with Crippen LogP contribution in [0.5, 0.6) is 0 Å². The molecule has 0 aliphatic rings. The van der Waals surface area contributed by atoms with Gasteiger partial charge in [-0.3, -0.25) is 9.78 Å². The summed E-state index contributed by atoms with van der Waals surface area (Å²) in [6, 6.07) is 11.0. The number of hydrogen-bond acceptors (Lipinski definition) is 4. The minimum Gasteiger partial charge on any atom is -0.398 e. The molecule has 1 amide bonds. The maximum Gasteiger partial charge on any atom is 0.267 e. The number of nitrogen functional groups attached to an aromatic ring is 1. The molecule has 1 heterocycles. The van der Waals surface area contributed by atoms with Gasteiger partial charge in [-0.2, -0.15) is 0 Å². The standard InChI is InChI=1S/C13H14N4O/c14-11-4-2-1-3-9(11)8-17-10-5-6-16-12(7-10)13(15)18/h1-7H,8,14H2,(H2,15,18)(H,16,17). The molecule has 1 aromatic carbocycles. The molecule has 5 N–H and O–H groups in total. The molecule has 0 unspecified atom stereocenters. The number of para-hydroxylation sites is 1. The fourth-order valence-corrected chi connectivity index (χ4v) is 1.57. The number of nitrogens with one attached hydrogen (secondary N) is 1. The van der Waals surface area contributed by atoms with Gasteiger partial charge in [-0.25, -0.2) is 0 Å². The predicted octanol–water partition coefficient (Wildman–Crippen LogP) is 1.37. The van der Waals surface area contributed by atoms with E-state index in [-0.39, 0.29) is 5.69 Å². The first-order valence-corrected chi connectivity index (χ1v) is 5.50. The average Bonchev–Trinajstić information content (AvgIpc) is 2.38. The highest BCUT2D eigenvalue weighted by molar-refractivity contribution is 5.91. The van der Waals surface area contributed by atoms with Crippen molar-refractivity contribution >= 4 is 17.3 Å². The molecule has 0 aliphatic heterocycles. The van der Waals surface area contributed by atoms with Gasteiger partial charge in [0, 0.05) is 24.1 Å². The van der Waals surface area contributed by atoms with Gasteiger partial charge >= 0.3 is 0 Å². The number of anilines is 2. The maximum atomic E-state index is 11.0. The first-order valence-electron chi connectivity index (χ1n) is 5.50. The van der Waals surface area contributed by atoms with E-state index in [2.05, 4.69) is 10.3 Å². The molecule has 0 atom stereocenters. The Bertz CT molecular complexity index is 568. The van der Waals surface area contributed by atoms with Crippen LogP contribution in [-0.4, -0.2) is 10.9 Å². The fourth-order valence-electron chi connectivity index (χ4n) is 1.57. The van der Waals surface area contributed by atoms with E-state index in [0.29, 0.717) is 6.54 Å². The van der Waals surface area contributed by atoms with Gasteiger partial charge in [0.1, 0.15) is 5.69 Å². The van der Waals surface area contributed by atoms with Crippen LogP contribution in [0.1, 0.15) is 16.1 Å². The second-order valence-electron chi connectivity index (χ2n) is 3.85. The summed E-state index contributed by atoms with van der Waals surface area (Å²) in [6.45, 7) is 0.578. The zero-order valence-electron chi connectivity index (χ0n) is 9.76. The van der Waals surface area contributed by atoms with Crippen LogP contribution in [0.4, 0.5) is 11.4 Å². The second-order valence-corrected chi connectivity index (χ2v) is 3.85. The molecular weight excluding hydrogens is 228 g/mol. The van der Waals surface area contributed by atoms with Crippen LogP contribution >= 0.6 is 0 Å². The Balaban J connectivity index is 2.09. The number of aromatic nitrogens is 1. The number of primary amides is 1. The molecule has 0 bridgehead atoms. The molecule has 2 aromatic rings. The summed E-state index contributed by atoms with van der Waals surface area (Å²) in [5.41, 5.74) is 13.7. The van der Waals surface area contributed by atoms with Crippen LogP contribution in [0, 0.1) is 0 Å². The quantitative estimate of drug-likeness (QED) is 0.706. The van der Waals surface area contributed by atoms with Crippen molar-refractivity contribution in [1.82, 2.24) is 4.98 Å². The minimum absolute atomic E-state index is 0.237. The van der Waals surface area contributed by atoms with Gasteiger partial charge in [0.25, 0.3) is 5.91 Å². The Morgan fingerprint density at radius 2 is 2.06 bits per heavy atom. The molecule has 1 aromatic heterocycles. The van der Waals surface area contributed by atoms with Crippen LogP contribution in [0.15, 0.2) is 42.6 Å². The van der Waals surface area contributed by atoms with Crippen molar-refractivity contribution in [2.45, 2.75) is 6.54 Å². The lowest BCUT2D eigenvalue weighted by Gasteiger charge is -2.09. The minimum atomic E-state index is -0.544. The molecule has 0 spiro atoms. The Kier molecular flexibility index (Phi) is 3.43. The van der Waals surface area contributed by atoms with E-state index in [1.54, 1.807) is 12.1 Å². The molecule has 0 radical (unpaired) electrons. The largest absolute Gasteiger partial charge is 0.398 e. The van der Waals surface area contributed by atoms with Gasteiger partial charge in [0.2, 0.25) is 0 Å². The topological polar surface area (TPSA) is 94.0 Å². The van der Waals surface area contributed by atoms with Crippen molar-refractivity contribution in [2.24, 2.45) is 5.73 Å². The highest BCUT2D eigenvalue weighted by Crippen LogP contribution is 2.14. The third-order valence-electron chi connectivity index (χ3n) is 2.55. The number of carbonyl (C=O) groups is 1. The molecule has 5 nitrogen and oxygen atoms in total. The normalized spacial score (nSPS) is 10.0. The highest BCUT2D eigenvalue weighted by atomic mass is 16.1. The molecule has 0 saturated heterocycles. The molecule has 92 valence electrons. The number of nitrogens with two attached hydrogens (primary N) is 2. The average molecular weight is 242 g/mol. The number of benzene rings is 1. The zero-order chi connectivity index (χ0) is 13.0. The summed E-state index contributed by atoms with van der Waals surface area (Å²) in [4.78, 5) is 14.9. The van der Waals surface area contributed by atoms with Crippen LogP contribution in [0.3, 0.4) is 0 Å². The number of rotatable bonds is 4. The monoisotopic (exact) mass is 242 g/mol. The summed E-state index contributed by atoms with van der Waals surface area (Å²) in [7, 11) is 0. The molecule has 18 heavy (non-hydrogen) atoms. The van der Waals surface area contributed by atoms with Crippen molar-refractivity contribution < 1.29 is 4.79 Å². The van der Waals surface area contributed by atoms with E-state index in [1.807, 2.05) is 24.3 Å². The van der Waals surface area contributed by atoms with Gasteiger partial charge in [0.15, 0.2) is 0 Å². The number of amides is 1. The van der Waals surface area contributed by atoms with E-state index in [4.69, 9.17) is 11.5 Å². The van der Waals surface area contributed by atoms with Crippen molar-refractivity contribution in [2.75, 3.05) is 11.1 Å². The third kappa shape index (κ3) is 2.76. The van der Waals surface area contributed by atoms with E-state index in [9.17, 15) is 4.79 Å². The van der Waals surface area contributed by atoms with Crippen LogP contribution in [0.2, 0.25) is 0 Å². The first kappa shape index (κ1) is 11.9. The Morgan fingerprint density at radius 1 is 1.28 bits per heavy atom. The maximum absolute atomic E-state index is 11.0. The SMILES string of the molecule is NC(=O)c1cc(NCc2ccccc2N)ccn1. The second kappa shape index (κ2) is 5.18. The number of nitrogens with zero attached hydrogens (tertiary/aromatic N) is 1. The van der Waals surface area contributed by atoms with E-state index in [0.717, 1.165) is 16.9 Å². The number of pyridine rings is 1. The Morgan fingerprint density at radius 3 is 2.78 bits per heavy atom. The van der Waals surface area contributed by atoms with Gasteiger partial charge in [-0.1, -0.05) is 18.2 Å². The molecular formula is C13H14N4O. The Labute approximate surface area is 105 Å². The van der Waals surface area contributed by atoms with E-state index >= 15 is 0 Å². The van der Waals surface area contributed by atoms with Crippen LogP contribution < -0.4 is 16.8 Å². The fraction of sp³-hybridized carbons (Fsp3) is 0.0769. The highest BCUT2D eigenvalue weighted by Gasteiger charge is 2.03. The van der Waals surface area contributed by atoms with Gasteiger partial charge in [0.05, 0.1) is 0 Å². The lowest BCUT2D eigenvalue weighted by Crippen LogP contribution is -2.13. The summed E-state index contributed by atoms with van der Waals surface area (Å²) in [6.07, 6.45) is 1.54. The van der Waals surface area contributed by atoms with E-state index in [1.165, 1.54) is 6.20 Å². The lowest BCUT2D eigenvalue weighted by atomic mass is 10.2. The smallest absolute Gasteiger partial charge is 0.267 e. The van der Waals surface area contributed by atoms with Crippen molar-refractivity contribution in [3.63, 3.8) is 0 Å². The molecule has 2 rings (SSSR count). The first-order chi connectivity index (χ1) is 8.66. The van der Waals surface area contributed by atoms with Crippen molar-refractivity contribution in [3.05, 3.63) is 53.9 Å². The summed E-state index contributed by atoms with van der Waals surface area (Å²) in [5.74, 6) is -0.544. The van der Waals surface area contributed by atoms with Crippen molar-refractivity contribution in [3.8, 4) is 0 Å². The predicted molar refractivity (Wildman–Crippen MR) is 70.9 cm³/mol. The number of hydrogen-bond donors (Lipinski definition) is 3. The Hall–Kier alpha value is -2.56. The molecule has 0 aliphatic carbocycles. The van der Waals surface area contributed by atoms with Crippen LogP contribution in [0.25, 0.3) is 0 Å². The third-order valence-corrected chi connectivity index (χ3v) is 2.55. The molecule has 0 saturated carbocycles. The van der Waals surface area contributed by atoms with E-state index < -0.39 is 5.91 Å². The van der Waals surface area contributed by atoms with Gasteiger partial charge in [-0.05, 0) is 23.8 Å². The van der Waals surface area contributed by atoms with Crippen LogP contribution in [-0.2, 0) is 6.54 Å². The van der Waals surface area contributed by atoms with Gasteiger partial charge in [-0.15, -0.1) is 0 Å². The lowest BCUT2D eigenvalue weighted by molar-refractivity contribution is 0.0995.